The zero-order chi connectivity index (χ0) is 18.8. The minimum absolute atomic E-state index is 0.0109. The molecule has 1 heterocycles. The first kappa shape index (κ1) is 18.0. The van der Waals surface area contributed by atoms with Crippen molar-refractivity contribution in [3.8, 4) is 0 Å². The van der Waals surface area contributed by atoms with Crippen LogP contribution in [0.1, 0.15) is 17.5 Å². The van der Waals surface area contributed by atoms with Crippen LogP contribution in [0.5, 0.6) is 0 Å². The van der Waals surface area contributed by atoms with Gasteiger partial charge in [-0.1, -0.05) is 6.07 Å². The fourth-order valence-corrected chi connectivity index (χ4v) is 3.35. The summed E-state index contributed by atoms with van der Waals surface area (Å²) in [6.45, 7) is 4.42. The van der Waals surface area contributed by atoms with Crippen LogP contribution in [0.2, 0.25) is 0 Å². The Kier molecular flexibility index (Phi) is 4.98. The molecule has 3 rings (SSSR count). The van der Waals surface area contributed by atoms with Crippen LogP contribution in [-0.4, -0.2) is 32.5 Å². The number of hydrogen-bond donors (Lipinski definition) is 1. The summed E-state index contributed by atoms with van der Waals surface area (Å²) in [7, 11) is 3.95. The first-order valence-electron chi connectivity index (χ1n) is 8.80. The lowest BCUT2D eigenvalue weighted by Gasteiger charge is -2.19. The molecule has 1 N–H and O–H groups in total. The normalized spacial score (nSPS) is 16.7. The van der Waals surface area contributed by atoms with Crippen LogP contribution in [0.15, 0.2) is 42.5 Å². The van der Waals surface area contributed by atoms with E-state index in [-0.39, 0.29) is 24.2 Å². The lowest BCUT2D eigenvalue weighted by atomic mass is 10.1. The maximum absolute atomic E-state index is 12.6. The summed E-state index contributed by atoms with van der Waals surface area (Å²) in [6.07, 6.45) is 0.242. The number of amides is 2. The standard InChI is InChI=1S/C21H25N3O2/c1-14-9-15(2)11-17(10-14)22-21(26)16-12-20(25)24(13-16)19-7-5-18(6-8-19)23(3)4/h5-11,16H,12-13H2,1-4H3,(H,22,26). The summed E-state index contributed by atoms with van der Waals surface area (Å²) in [5.41, 5.74) is 4.90. The molecule has 1 saturated heterocycles. The summed E-state index contributed by atoms with van der Waals surface area (Å²) < 4.78 is 0. The van der Waals surface area contributed by atoms with Gasteiger partial charge in [0.05, 0.1) is 5.92 Å². The molecule has 1 unspecified atom stereocenters. The highest BCUT2D eigenvalue weighted by molar-refractivity contribution is 6.03. The van der Waals surface area contributed by atoms with E-state index < -0.39 is 0 Å². The Morgan fingerprint density at radius 2 is 1.69 bits per heavy atom. The van der Waals surface area contributed by atoms with Crippen LogP contribution in [-0.2, 0) is 9.59 Å². The highest BCUT2D eigenvalue weighted by Gasteiger charge is 2.35. The summed E-state index contributed by atoms with van der Waals surface area (Å²) >= 11 is 0. The van der Waals surface area contributed by atoms with Crippen molar-refractivity contribution >= 4 is 28.9 Å². The third kappa shape index (κ3) is 3.87. The van der Waals surface area contributed by atoms with Crippen molar-refractivity contribution < 1.29 is 9.59 Å². The number of hydrogen-bond acceptors (Lipinski definition) is 3. The van der Waals surface area contributed by atoms with Gasteiger partial charge >= 0.3 is 0 Å². The monoisotopic (exact) mass is 351 g/mol. The minimum Gasteiger partial charge on any atom is -0.378 e. The minimum atomic E-state index is -0.336. The van der Waals surface area contributed by atoms with Gasteiger partial charge in [0, 0.05) is 44.1 Å². The van der Waals surface area contributed by atoms with Crippen LogP contribution in [0.3, 0.4) is 0 Å². The number of nitrogens with one attached hydrogen (secondary N) is 1. The molecule has 1 aliphatic rings. The SMILES string of the molecule is Cc1cc(C)cc(NC(=O)C2CC(=O)N(c3ccc(N(C)C)cc3)C2)c1. The number of aryl methyl sites for hydroxylation is 2. The molecule has 0 saturated carbocycles. The molecule has 0 spiro atoms. The Balaban J connectivity index is 1.69. The van der Waals surface area contributed by atoms with Crippen molar-refractivity contribution in [2.24, 2.45) is 5.92 Å². The molecule has 1 fully saturated rings. The van der Waals surface area contributed by atoms with Crippen LogP contribution < -0.4 is 15.1 Å². The number of rotatable bonds is 4. The zero-order valence-corrected chi connectivity index (χ0v) is 15.7. The second-order valence-electron chi connectivity index (χ2n) is 7.18. The van der Waals surface area contributed by atoms with Gasteiger partial charge in [-0.15, -0.1) is 0 Å². The second kappa shape index (κ2) is 7.20. The van der Waals surface area contributed by atoms with Gasteiger partial charge in [-0.2, -0.15) is 0 Å². The molecular formula is C21H25N3O2. The van der Waals surface area contributed by atoms with Gasteiger partial charge in [-0.05, 0) is 61.4 Å². The Morgan fingerprint density at radius 1 is 1.08 bits per heavy atom. The van der Waals surface area contributed by atoms with Crippen molar-refractivity contribution in [2.75, 3.05) is 35.8 Å². The molecule has 5 heteroatoms. The average molecular weight is 351 g/mol. The topological polar surface area (TPSA) is 52.7 Å². The first-order chi connectivity index (χ1) is 12.3. The van der Waals surface area contributed by atoms with E-state index in [1.54, 1.807) is 4.90 Å². The lowest BCUT2D eigenvalue weighted by molar-refractivity contribution is -0.122. The van der Waals surface area contributed by atoms with E-state index in [9.17, 15) is 9.59 Å². The van der Waals surface area contributed by atoms with Gasteiger partial charge in [0.2, 0.25) is 11.8 Å². The third-order valence-electron chi connectivity index (χ3n) is 4.66. The molecule has 2 aromatic carbocycles. The average Bonchev–Trinajstić information content (AvgIpc) is 2.96. The van der Waals surface area contributed by atoms with E-state index in [0.717, 1.165) is 28.2 Å². The molecule has 0 bridgehead atoms. The van der Waals surface area contributed by atoms with Gasteiger partial charge < -0.3 is 15.1 Å². The largest absolute Gasteiger partial charge is 0.378 e. The fraction of sp³-hybridized carbons (Fsp3) is 0.333. The molecular weight excluding hydrogens is 326 g/mol. The van der Waals surface area contributed by atoms with E-state index >= 15 is 0 Å². The number of nitrogens with zero attached hydrogens (tertiary/aromatic N) is 2. The zero-order valence-electron chi connectivity index (χ0n) is 15.7. The summed E-state index contributed by atoms with van der Waals surface area (Å²) in [5, 5.41) is 2.96. The Bertz CT molecular complexity index is 807. The Hall–Kier alpha value is -2.82. The van der Waals surface area contributed by atoms with Crippen molar-refractivity contribution in [3.63, 3.8) is 0 Å². The van der Waals surface area contributed by atoms with Gasteiger partial charge in [0.15, 0.2) is 0 Å². The van der Waals surface area contributed by atoms with Crippen LogP contribution >= 0.6 is 0 Å². The maximum atomic E-state index is 12.6. The van der Waals surface area contributed by atoms with E-state index in [1.807, 2.05) is 69.2 Å². The molecule has 26 heavy (non-hydrogen) atoms. The Morgan fingerprint density at radius 3 is 2.27 bits per heavy atom. The van der Waals surface area contributed by atoms with Crippen molar-refractivity contribution in [1.29, 1.82) is 0 Å². The van der Waals surface area contributed by atoms with Gasteiger partial charge in [0.25, 0.3) is 0 Å². The van der Waals surface area contributed by atoms with E-state index in [4.69, 9.17) is 0 Å². The Labute approximate surface area is 154 Å². The molecule has 0 aromatic heterocycles. The van der Waals surface area contributed by atoms with Crippen LogP contribution in [0, 0.1) is 19.8 Å². The first-order valence-corrected chi connectivity index (χ1v) is 8.80. The molecule has 0 aliphatic carbocycles. The second-order valence-corrected chi connectivity index (χ2v) is 7.18. The highest BCUT2D eigenvalue weighted by Crippen LogP contribution is 2.27. The van der Waals surface area contributed by atoms with E-state index in [1.165, 1.54) is 0 Å². The molecule has 2 amide bonds. The predicted octanol–water partition coefficient (Wildman–Crippen LogP) is 3.36. The molecule has 136 valence electrons. The maximum Gasteiger partial charge on any atom is 0.229 e. The van der Waals surface area contributed by atoms with Gasteiger partial charge in [-0.3, -0.25) is 9.59 Å². The van der Waals surface area contributed by atoms with Crippen LogP contribution in [0.4, 0.5) is 17.1 Å². The van der Waals surface area contributed by atoms with Gasteiger partial charge in [0.1, 0.15) is 0 Å². The molecule has 0 radical (unpaired) electrons. The summed E-state index contributed by atoms with van der Waals surface area (Å²) in [6, 6.07) is 13.8. The molecule has 2 aromatic rings. The van der Waals surface area contributed by atoms with Crippen LogP contribution in [0.25, 0.3) is 0 Å². The quantitative estimate of drug-likeness (QED) is 0.919. The highest BCUT2D eigenvalue weighted by atomic mass is 16.2. The number of anilines is 3. The molecule has 5 nitrogen and oxygen atoms in total. The van der Waals surface area contributed by atoms with Crippen molar-refractivity contribution in [3.05, 3.63) is 53.6 Å². The lowest BCUT2D eigenvalue weighted by Crippen LogP contribution is -2.28. The smallest absolute Gasteiger partial charge is 0.229 e. The fourth-order valence-electron chi connectivity index (χ4n) is 3.35. The number of carbonyl (C=O) groups is 2. The van der Waals surface area contributed by atoms with Crippen molar-refractivity contribution in [1.82, 2.24) is 0 Å². The van der Waals surface area contributed by atoms with E-state index in [0.29, 0.717) is 6.54 Å². The summed E-state index contributed by atoms with van der Waals surface area (Å²) in [4.78, 5) is 28.7. The van der Waals surface area contributed by atoms with Crippen molar-refractivity contribution in [2.45, 2.75) is 20.3 Å². The van der Waals surface area contributed by atoms with E-state index in [2.05, 4.69) is 11.4 Å². The number of carbonyl (C=O) groups excluding carboxylic acids is 2. The summed E-state index contributed by atoms with van der Waals surface area (Å²) in [5.74, 6) is -0.448. The molecule has 1 atom stereocenters. The van der Waals surface area contributed by atoms with Gasteiger partial charge in [-0.25, -0.2) is 0 Å². The molecule has 1 aliphatic heterocycles. The third-order valence-corrected chi connectivity index (χ3v) is 4.66. The predicted molar refractivity (Wildman–Crippen MR) is 106 cm³/mol. The number of benzene rings is 2.